The maximum atomic E-state index is 13.9. The van der Waals surface area contributed by atoms with Crippen molar-refractivity contribution in [3.05, 3.63) is 53.6 Å². The van der Waals surface area contributed by atoms with E-state index < -0.39 is 11.0 Å². The number of carbonyl (C=O) groups is 2. The largest absolute Gasteiger partial charge is 0.381 e. The van der Waals surface area contributed by atoms with Gasteiger partial charge in [-0.05, 0) is 74.0 Å². The van der Waals surface area contributed by atoms with Gasteiger partial charge in [-0.3, -0.25) is 14.5 Å². The standard InChI is InChI=1S/C33H40N2O3S/c1-31-12-9-24(36)20-23(31)7-8-25-26(31)10-13-32(2)27(25)11-14-33(32,38)29(37)21-34-15-17-35(18-16-34)30-19-22-5-3-4-6-28(22)39-30/h3-6,10,19-20,25,27,38H,7-9,11-18,21H2,1-2H3/t25-,27+,31+,32+,33+/m1/s1. The third-order valence-corrected chi connectivity index (χ3v) is 12.6. The zero-order valence-electron chi connectivity index (χ0n) is 23.2. The quantitative estimate of drug-likeness (QED) is 0.495. The van der Waals surface area contributed by atoms with E-state index in [1.165, 1.54) is 26.2 Å². The molecule has 39 heavy (non-hydrogen) atoms. The number of aliphatic hydroxyl groups is 1. The van der Waals surface area contributed by atoms with Crippen LogP contribution in [0, 0.1) is 22.7 Å². The molecule has 0 bridgehead atoms. The summed E-state index contributed by atoms with van der Waals surface area (Å²) in [5.41, 5.74) is 1.10. The average Bonchev–Trinajstić information content (AvgIpc) is 3.49. The molecule has 5 nitrogen and oxygen atoms in total. The molecule has 1 aromatic heterocycles. The minimum absolute atomic E-state index is 0.0169. The van der Waals surface area contributed by atoms with Crippen LogP contribution in [-0.2, 0) is 9.59 Å². The van der Waals surface area contributed by atoms with Crippen LogP contribution < -0.4 is 4.90 Å². The molecule has 0 spiro atoms. The van der Waals surface area contributed by atoms with Gasteiger partial charge in [0.15, 0.2) is 11.6 Å². The second kappa shape index (κ2) is 9.12. The third kappa shape index (κ3) is 3.85. The molecule has 5 atom stereocenters. The smallest absolute Gasteiger partial charge is 0.178 e. The minimum atomic E-state index is -1.26. The van der Waals surface area contributed by atoms with Crippen LogP contribution in [0.3, 0.4) is 0 Å². The van der Waals surface area contributed by atoms with Crippen LogP contribution in [0.5, 0.6) is 0 Å². The number of fused-ring (bicyclic) bond motifs is 6. The molecule has 2 heterocycles. The van der Waals surface area contributed by atoms with Crippen LogP contribution >= 0.6 is 11.3 Å². The lowest BCUT2D eigenvalue weighted by molar-refractivity contribution is -0.154. The number of thiophene rings is 1. The summed E-state index contributed by atoms with van der Waals surface area (Å²) in [5.74, 6) is 1.02. The number of Topliss-reactive ketones (excluding diaryl/α,β-unsaturated/α-hetero) is 1. The van der Waals surface area contributed by atoms with Crippen molar-refractivity contribution in [3.63, 3.8) is 0 Å². The zero-order chi connectivity index (χ0) is 27.0. The van der Waals surface area contributed by atoms with Gasteiger partial charge < -0.3 is 10.0 Å². The maximum Gasteiger partial charge on any atom is 0.178 e. The lowest BCUT2D eigenvalue weighted by Crippen LogP contribution is -2.58. The number of piperazine rings is 1. The molecule has 6 heteroatoms. The highest BCUT2D eigenvalue weighted by Gasteiger charge is 2.64. The number of hydrogen-bond acceptors (Lipinski definition) is 6. The Balaban J connectivity index is 1.05. The normalized spacial score (nSPS) is 36.7. The fourth-order valence-corrected chi connectivity index (χ4v) is 10.0. The molecule has 2 saturated carbocycles. The lowest BCUT2D eigenvalue weighted by atomic mass is 9.50. The zero-order valence-corrected chi connectivity index (χ0v) is 24.1. The van der Waals surface area contributed by atoms with Gasteiger partial charge in [0.05, 0.1) is 11.5 Å². The molecule has 0 unspecified atom stereocenters. The Morgan fingerprint density at radius 2 is 1.87 bits per heavy atom. The molecule has 0 radical (unpaired) electrons. The number of benzene rings is 1. The highest BCUT2D eigenvalue weighted by molar-refractivity contribution is 7.22. The van der Waals surface area contributed by atoms with Crippen molar-refractivity contribution >= 4 is 38.0 Å². The van der Waals surface area contributed by atoms with E-state index in [1.807, 2.05) is 17.4 Å². The molecule has 3 fully saturated rings. The Bertz CT molecular complexity index is 1370. The summed E-state index contributed by atoms with van der Waals surface area (Å²) in [4.78, 5) is 30.7. The summed E-state index contributed by atoms with van der Waals surface area (Å²) in [6.07, 6.45) is 10.1. The molecule has 4 aliphatic carbocycles. The molecule has 5 aliphatic rings. The minimum Gasteiger partial charge on any atom is -0.381 e. The average molecular weight is 545 g/mol. The van der Waals surface area contributed by atoms with Gasteiger partial charge in [-0.25, -0.2) is 0 Å². The predicted octanol–water partition coefficient (Wildman–Crippen LogP) is 5.78. The van der Waals surface area contributed by atoms with Crippen LogP contribution in [0.4, 0.5) is 5.00 Å². The van der Waals surface area contributed by atoms with Crippen LogP contribution in [-0.4, -0.2) is 59.9 Å². The molecule has 1 aliphatic heterocycles. The van der Waals surface area contributed by atoms with E-state index in [2.05, 4.69) is 60.1 Å². The summed E-state index contributed by atoms with van der Waals surface area (Å²) in [6, 6.07) is 10.8. The van der Waals surface area contributed by atoms with Crippen molar-refractivity contribution in [1.82, 2.24) is 4.90 Å². The van der Waals surface area contributed by atoms with Crippen molar-refractivity contribution in [2.75, 3.05) is 37.6 Å². The molecule has 1 saturated heterocycles. The number of ketones is 2. The third-order valence-electron chi connectivity index (χ3n) is 11.4. The van der Waals surface area contributed by atoms with Gasteiger partial charge >= 0.3 is 0 Å². The molecule has 0 amide bonds. The van der Waals surface area contributed by atoms with Gasteiger partial charge in [-0.1, -0.05) is 49.3 Å². The van der Waals surface area contributed by atoms with Gasteiger partial charge in [-0.15, -0.1) is 11.3 Å². The predicted molar refractivity (Wildman–Crippen MR) is 157 cm³/mol. The van der Waals surface area contributed by atoms with Crippen LogP contribution in [0.25, 0.3) is 10.1 Å². The van der Waals surface area contributed by atoms with Crippen LogP contribution in [0.15, 0.2) is 53.6 Å². The van der Waals surface area contributed by atoms with Crippen molar-refractivity contribution in [3.8, 4) is 0 Å². The Labute approximate surface area is 235 Å². The first-order valence-electron chi connectivity index (χ1n) is 14.9. The van der Waals surface area contributed by atoms with E-state index >= 15 is 0 Å². The number of carbonyl (C=O) groups excluding carboxylic acids is 2. The molecule has 2 aromatic rings. The van der Waals surface area contributed by atoms with E-state index in [1.54, 1.807) is 0 Å². The van der Waals surface area contributed by atoms with E-state index in [4.69, 9.17) is 0 Å². The first kappa shape index (κ1) is 25.7. The van der Waals surface area contributed by atoms with E-state index in [-0.39, 0.29) is 17.0 Å². The second-order valence-corrected chi connectivity index (χ2v) is 14.3. The first-order valence-corrected chi connectivity index (χ1v) is 15.7. The number of anilines is 1. The van der Waals surface area contributed by atoms with Gasteiger partial charge in [-0.2, -0.15) is 0 Å². The topological polar surface area (TPSA) is 60.9 Å². The van der Waals surface area contributed by atoms with Crippen molar-refractivity contribution in [2.45, 2.75) is 64.4 Å². The number of hydrogen-bond donors (Lipinski definition) is 1. The van der Waals surface area contributed by atoms with Crippen molar-refractivity contribution in [2.24, 2.45) is 22.7 Å². The lowest BCUT2D eigenvalue weighted by Gasteiger charge is -2.54. The summed E-state index contributed by atoms with van der Waals surface area (Å²) in [6.45, 7) is 8.36. The highest BCUT2D eigenvalue weighted by Crippen LogP contribution is 2.65. The summed E-state index contributed by atoms with van der Waals surface area (Å²) >= 11 is 1.84. The fourth-order valence-electron chi connectivity index (χ4n) is 8.91. The number of allylic oxidation sites excluding steroid dienone is 4. The Morgan fingerprint density at radius 3 is 2.67 bits per heavy atom. The highest BCUT2D eigenvalue weighted by atomic mass is 32.1. The van der Waals surface area contributed by atoms with Gasteiger partial charge in [0.1, 0.15) is 5.60 Å². The second-order valence-electron chi connectivity index (χ2n) is 13.2. The van der Waals surface area contributed by atoms with E-state index in [0.717, 1.165) is 58.3 Å². The first-order chi connectivity index (χ1) is 18.7. The molecule has 1 aromatic carbocycles. The van der Waals surface area contributed by atoms with Crippen LogP contribution in [0.1, 0.15) is 58.8 Å². The molecular formula is C33H40N2O3S. The van der Waals surface area contributed by atoms with Crippen LogP contribution in [0.2, 0.25) is 0 Å². The summed E-state index contributed by atoms with van der Waals surface area (Å²) < 4.78 is 1.32. The summed E-state index contributed by atoms with van der Waals surface area (Å²) in [7, 11) is 0. The Hall–Kier alpha value is -2.28. The van der Waals surface area contributed by atoms with Gasteiger partial charge in [0, 0.05) is 48.1 Å². The van der Waals surface area contributed by atoms with Gasteiger partial charge in [0.25, 0.3) is 0 Å². The van der Waals surface area contributed by atoms with E-state index in [0.29, 0.717) is 31.2 Å². The Kier molecular flexibility index (Phi) is 6.00. The van der Waals surface area contributed by atoms with E-state index in [9.17, 15) is 14.7 Å². The Morgan fingerprint density at radius 1 is 1.08 bits per heavy atom. The SMILES string of the molecule is C[C@]12CCC(=O)C=C1CC[C@@H]1C2=CC[C@@]2(C)[C@H]1CC[C@]2(O)C(=O)CN1CCN(c2cc3ccccc3s2)CC1. The number of nitrogens with zero attached hydrogens (tertiary/aromatic N) is 2. The molecule has 206 valence electrons. The fraction of sp³-hybridized carbons (Fsp3) is 0.576. The molecule has 7 rings (SSSR count). The van der Waals surface area contributed by atoms with Crippen molar-refractivity contribution < 1.29 is 14.7 Å². The van der Waals surface area contributed by atoms with Crippen molar-refractivity contribution in [1.29, 1.82) is 0 Å². The summed E-state index contributed by atoms with van der Waals surface area (Å²) in [5, 5.41) is 14.7. The number of rotatable bonds is 4. The molecular weight excluding hydrogens is 504 g/mol. The van der Waals surface area contributed by atoms with Gasteiger partial charge in [0.2, 0.25) is 0 Å². The maximum absolute atomic E-state index is 13.9. The monoisotopic (exact) mass is 544 g/mol. The molecule has 1 N–H and O–H groups in total.